The Balaban J connectivity index is 1.94. The Morgan fingerprint density at radius 1 is 0.852 bits per heavy atom. The van der Waals surface area contributed by atoms with E-state index in [1.165, 1.54) is 0 Å². The molecule has 27 heavy (non-hydrogen) atoms. The van der Waals surface area contributed by atoms with Gasteiger partial charge in [0, 0.05) is 11.4 Å². The van der Waals surface area contributed by atoms with Gasteiger partial charge in [-0.2, -0.15) is 0 Å². The quantitative estimate of drug-likeness (QED) is 0.670. The fraction of sp³-hybridized carbons (Fsp3) is 0.364. The van der Waals surface area contributed by atoms with Crippen LogP contribution in [0.15, 0.2) is 42.5 Å². The van der Waals surface area contributed by atoms with Crippen LogP contribution in [-0.4, -0.2) is 31.4 Å². The maximum Gasteiger partial charge on any atom is 0.279 e. The largest absolute Gasteiger partial charge is 0.321 e. The summed E-state index contributed by atoms with van der Waals surface area (Å²) in [5.41, 5.74) is 4.87. The van der Waals surface area contributed by atoms with Crippen LogP contribution in [0.25, 0.3) is 0 Å². The first-order valence-electron chi connectivity index (χ1n) is 9.45. The highest BCUT2D eigenvalue weighted by Crippen LogP contribution is 2.15. The van der Waals surface area contributed by atoms with E-state index in [1.807, 2.05) is 63.2 Å². The van der Waals surface area contributed by atoms with Crippen LogP contribution in [0.2, 0.25) is 0 Å². The number of rotatable bonds is 8. The molecule has 2 amide bonds. The molecular formula is C22H30N3O2+. The molecule has 0 aromatic heterocycles. The molecular weight excluding hydrogens is 338 g/mol. The van der Waals surface area contributed by atoms with Crippen molar-refractivity contribution < 1.29 is 14.5 Å². The minimum Gasteiger partial charge on any atom is -0.321 e. The van der Waals surface area contributed by atoms with Crippen molar-refractivity contribution in [2.24, 2.45) is 0 Å². The number of carbonyl (C=O) groups is 2. The molecule has 0 fully saturated rings. The van der Waals surface area contributed by atoms with Gasteiger partial charge < -0.3 is 15.5 Å². The standard InChI is InChI=1S/C22H29N3O2/c1-5-12-25(14-21(26)23-19-9-7-6-8-17(19)3)15-22(27)24-20-11-10-16(2)13-18(20)4/h6-11,13H,5,12,14-15H2,1-4H3,(H,23,26)(H,24,27)/p+1. The van der Waals surface area contributed by atoms with Crippen LogP contribution in [0.3, 0.4) is 0 Å². The van der Waals surface area contributed by atoms with Crippen LogP contribution in [0.5, 0.6) is 0 Å². The van der Waals surface area contributed by atoms with Gasteiger partial charge in [-0.3, -0.25) is 9.59 Å². The van der Waals surface area contributed by atoms with Gasteiger partial charge in [0.05, 0.1) is 6.54 Å². The van der Waals surface area contributed by atoms with Crippen LogP contribution in [0, 0.1) is 20.8 Å². The summed E-state index contributed by atoms with van der Waals surface area (Å²) in [4.78, 5) is 25.8. The molecule has 2 aromatic rings. The molecule has 0 aliphatic carbocycles. The number of hydrogen-bond donors (Lipinski definition) is 3. The van der Waals surface area contributed by atoms with E-state index in [9.17, 15) is 9.59 Å². The summed E-state index contributed by atoms with van der Waals surface area (Å²) in [6.45, 7) is 9.32. The van der Waals surface area contributed by atoms with Gasteiger partial charge >= 0.3 is 0 Å². The minimum atomic E-state index is -0.0768. The first-order chi connectivity index (χ1) is 12.9. The van der Waals surface area contributed by atoms with Crippen molar-refractivity contribution in [1.29, 1.82) is 0 Å². The second-order valence-corrected chi connectivity index (χ2v) is 7.08. The van der Waals surface area contributed by atoms with Gasteiger partial charge in [0.25, 0.3) is 11.8 Å². The summed E-state index contributed by atoms with van der Waals surface area (Å²) in [7, 11) is 0. The third-order valence-corrected chi connectivity index (χ3v) is 4.50. The Kier molecular flexibility index (Phi) is 7.55. The second-order valence-electron chi connectivity index (χ2n) is 7.08. The summed E-state index contributed by atoms with van der Waals surface area (Å²) in [5, 5.41) is 5.91. The lowest BCUT2D eigenvalue weighted by atomic mass is 10.1. The molecule has 2 rings (SSSR count). The molecule has 5 nitrogen and oxygen atoms in total. The molecule has 0 radical (unpaired) electrons. The van der Waals surface area contributed by atoms with E-state index >= 15 is 0 Å². The molecule has 2 aromatic carbocycles. The minimum absolute atomic E-state index is 0.0749. The van der Waals surface area contributed by atoms with Crippen molar-refractivity contribution >= 4 is 23.2 Å². The topological polar surface area (TPSA) is 62.6 Å². The van der Waals surface area contributed by atoms with Crippen molar-refractivity contribution in [2.75, 3.05) is 30.3 Å². The molecule has 0 bridgehead atoms. The van der Waals surface area contributed by atoms with Crippen LogP contribution in [0.1, 0.15) is 30.0 Å². The van der Waals surface area contributed by atoms with E-state index in [0.29, 0.717) is 0 Å². The SMILES string of the molecule is CCC[NH+](CC(=O)Nc1ccccc1C)CC(=O)Nc1ccc(C)cc1C. The van der Waals surface area contributed by atoms with Gasteiger partial charge in [0.15, 0.2) is 13.1 Å². The summed E-state index contributed by atoms with van der Waals surface area (Å²) >= 11 is 0. The van der Waals surface area contributed by atoms with Crippen LogP contribution < -0.4 is 15.5 Å². The van der Waals surface area contributed by atoms with Crippen molar-refractivity contribution in [3.8, 4) is 0 Å². The fourth-order valence-electron chi connectivity index (χ4n) is 3.10. The van der Waals surface area contributed by atoms with Crippen molar-refractivity contribution in [1.82, 2.24) is 0 Å². The number of hydrogen-bond acceptors (Lipinski definition) is 2. The zero-order chi connectivity index (χ0) is 19.8. The van der Waals surface area contributed by atoms with Gasteiger partial charge in [0.2, 0.25) is 0 Å². The van der Waals surface area contributed by atoms with Crippen molar-refractivity contribution in [3.63, 3.8) is 0 Å². The molecule has 0 saturated heterocycles. The molecule has 0 spiro atoms. The molecule has 1 unspecified atom stereocenters. The molecule has 5 heteroatoms. The molecule has 0 aliphatic rings. The van der Waals surface area contributed by atoms with Gasteiger partial charge in [-0.05, 0) is 50.5 Å². The summed E-state index contributed by atoms with van der Waals surface area (Å²) in [5.74, 6) is -0.152. The Morgan fingerprint density at radius 3 is 2.00 bits per heavy atom. The molecule has 0 saturated carbocycles. The molecule has 0 aliphatic heterocycles. The lowest BCUT2D eigenvalue weighted by Crippen LogP contribution is -3.14. The number of carbonyl (C=O) groups excluding carboxylic acids is 2. The highest BCUT2D eigenvalue weighted by Gasteiger charge is 2.18. The maximum absolute atomic E-state index is 12.5. The van der Waals surface area contributed by atoms with Crippen LogP contribution in [0.4, 0.5) is 11.4 Å². The average molecular weight is 369 g/mol. The number of nitrogens with one attached hydrogen (secondary N) is 3. The Morgan fingerprint density at radius 2 is 1.44 bits per heavy atom. The summed E-state index contributed by atoms with van der Waals surface area (Å²) in [6, 6.07) is 13.6. The normalized spacial score (nSPS) is 11.7. The first kappa shape index (κ1) is 20.6. The third kappa shape index (κ3) is 6.53. The van der Waals surface area contributed by atoms with E-state index in [0.717, 1.165) is 45.9 Å². The number of amides is 2. The smallest absolute Gasteiger partial charge is 0.279 e. The van der Waals surface area contributed by atoms with E-state index in [2.05, 4.69) is 17.6 Å². The van der Waals surface area contributed by atoms with Gasteiger partial charge in [-0.1, -0.05) is 42.8 Å². The molecule has 144 valence electrons. The molecule has 1 atom stereocenters. The Bertz CT molecular complexity index is 802. The lowest BCUT2D eigenvalue weighted by Gasteiger charge is -2.19. The van der Waals surface area contributed by atoms with Crippen LogP contribution >= 0.6 is 0 Å². The highest BCUT2D eigenvalue weighted by atomic mass is 16.2. The number of para-hydroxylation sites is 1. The van der Waals surface area contributed by atoms with Crippen molar-refractivity contribution in [2.45, 2.75) is 34.1 Å². The average Bonchev–Trinajstić information content (AvgIpc) is 2.59. The van der Waals surface area contributed by atoms with E-state index in [4.69, 9.17) is 0 Å². The Labute approximate surface area is 161 Å². The highest BCUT2D eigenvalue weighted by molar-refractivity contribution is 5.93. The van der Waals surface area contributed by atoms with Gasteiger partial charge in [0.1, 0.15) is 0 Å². The van der Waals surface area contributed by atoms with Gasteiger partial charge in [-0.15, -0.1) is 0 Å². The fourth-order valence-corrected chi connectivity index (χ4v) is 3.10. The second kappa shape index (κ2) is 9.88. The first-order valence-corrected chi connectivity index (χ1v) is 9.45. The molecule has 3 N–H and O–H groups in total. The number of benzene rings is 2. The van der Waals surface area contributed by atoms with Crippen molar-refractivity contribution in [3.05, 3.63) is 59.2 Å². The van der Waals surface area contributed by atoms with E-state index in [1.54, 1.807) is 0 Å². The number of aryl methyl sites for hydroxylation is 3. The monoisotopic (exact) mass is 368 g/mol. The lowest BCUT2D eigenvalue weighted by molar-refractivity contribution is -0.883. The Hall–Kier alpha value is -2.66. The molecule has 0 heterocycles. The zero-order valence-corrected chi connectivity index (χ0v) is 16.7. The predicted octanol–water partition coefficient (Wildman–Crippen LogP) is 2.48. The van der Waals surface area contributed by atoms with Gasteiger partial charge in [-0.25, -0.2) is 0 Å². The van der Waals surface area contributed by atoms with Crippen LogP contribution in [-0.2, 0) is 9.59 Å². The maximum atomic E-state index is 12.5. The summed E-state index contributed by atoms with van der Waals surface area (Å²) in [6.07, 6.45) is 0.907. The number of anilines is 2. The number of quaternary nitrogens is 1. The third-order valence-electron chi connectivity index (χ3n) is 4.50. The predicted molar refractivity (Wildman–Crippen MR) is 110 cm³/mol. The summed E-state index contributed by atoms with van der Waals surface area (Å²) < 4.78 is 0. The van der Waals surface area contributed by atoms with E-state index in [-0.39, 0.29) is 24.9 Å². The zero-order valence-electron chi connectivity index (χ0n) is 16.7. The van der Waals surface area contributed by atoms with E-state index < -0.39 is 0 Å².